The normalized spacial score (nSPS) is 12.7. The summed E-state index contributed by atoms with van der Waals surface area (Å²) in [5.74, 6) is 0.177. The summed E-state index contributed by atoms with van der Waals surface area (Å²) in [5.41, 5.74) is 3.69. The Balaban J connectivity index is 1.98. The Bertz CT molecular complexity index is 1080. The highest BCUT2D eigenvalue weighted by Gasteiger charge is 2.17. The molecule has 0 saturated carbocycles. The number of aromatic hydroxyl groups is 1. The molecule has 0 radical (unpaired) electrons. The molecule has 4 rings (SSSR count). The first kappa shape index (κ1) is 17.3. The molecular weight excluding hydrogens is 364 g/mol. The van der Waals surface area contributed by atoms with E-state index in [2.05, 4.69) is 47.6 Å². The molecule has 2 N–H and O–H groups in total. The molecule has 132 valence electrons. The zero-order valence-corrected chi connectivity index (χ0v) is 16.2. The minimum Gasteiger partial charge on any atom is -0.507 e. The Morgan fingerprint density at radius 2 is 2.00 bits per heavy atom. The molecule has 0 aliphatic heterocycles. The summed E-state index contributed by atoms with van der Waals surface area (Å²) in [6.07, 6.45) is 2.86. The Hall–Kier alpha value is -2.14. The molecule has 2 aromatic heterocycles. The average Bonchev–Trinajstić information content (AvgIpc) is 3.13. The van der Waals surface area contributed by atoms with Crippen LogP contribution in [0.4, 0.5) is 0 Å². The number of aromatic nitrogens is 1. The topological polar surface area (TPSA) is 45.1 Å². The van der Waals surface area contributed by atoms with E-state index in [0.29, 0.717) is 11.1 Å². The van der Waals surface area contributed by atoms with Crippen LogP contribution in [-0.4, -0.2) is 17.1 Å². The number of thiophene rings is 1. The monoisotopic (exact) mass is 382 g/mol. The predicted octanol–water partition coefficient (Wildman–Crippen LogP) is 6.15. The van der Waals surface area contributed by atoms with E-state index in [1.165, 1.54) is 5.56 Å². The summed E-state index contributed by atoms with van der Waals surface area (Å²) in [6.45, 7) is 2.16. The van der Waals surface area contributed by atoms with Crippen molar-refractivity contribution in [2.75, 3.05) is 7.05 Å². The summed E-state index contributed by atoms with van der Waals surface area (Å²) < 4.78 is 1.08. The molecule has 0 fully saturated rings. The van der Waals surface area contributed by atoms with Crippen LogP contribution in [0.2, 0.25) is 5.02 Å². The number of nitrogens with one attached hydrogen (secondary N) is 1. The Morgan fingerprint density at radius 3 is 2.69 bits per heavy atom. The number of phenolic OH excluding ortho intramolecular Hbond substituents is 1. The van der Waals surface area contributed by atoms with Gasteiger partial charge in [0.15, 0.2) is 0 Å². The van der Waals surface area contributed by atoms with Gasteiger partial charge in [-0.1, -0.05) is 42.8 Å². The lowest BCUT2D eigenvalue weighted by molar-refractivity contribution is 0.478. The molecule has 0 aliphatic carbocycles. The number of hydrogen-bond donors (Lipinski definition) is 2. The molecule has 2 aromatic carbocycles. The van der Waals surface area contributed by atoms with E-state index in [1.807, 2.05) is 18.6 Å². The number of halogens is 1. The summed E-state index contributed by atoms with van der Waals surface area (Å²) in [7, 11) is 1.97. The van der Waals surface area contributed by atoms with Crippen LogP contribution < -0.4 is 5.32 Å². The molecule has 0 unspecified atom stereocenters. The van der Waals surface area contributed by atoms with Crippen LogP contribution >= 0.6 is 22.9 Å². The quantitative estimate of drug-likeness (QED) is 0.445. The van der Waals surface area contributed by atoms with Gasteiger partial charge in [-0.15, -0.1) is 11.3 Å². The first-order chi connectivity index (χ1) is 12.6. The number of benzene rings is 2. The molecule has 0 saturated heterocycles. The van der Waals surface area contributed by atoms with Gasteiger partial charge in [-0.2, -0.15) is 0 Å². The standard InChI is InChI=1S/C21H19ClN2OS/c1-3-16(23-2)12-4-6-13(7-5-12)19-17(25)10-15(22)21-20(19)14-8-9-26-18(14)11-24-21/h4-11,16,23,25H,3H2,1-2H3/t16-/m0/s1. The highest BCUT2D eigenvalue weighted by atomic mass is 35.5. The zero-order valence-electron chi connectivity index (χ0n) is 14.6. The van der Waals surface area contributed by atoms with Crippen molar-refractivity contribution in [2.24, 2.45) is 0 Å². The smallest absolute Gasteiger partial charge is 0.125 e. The summed E-state index contributed by atoms with van der Waals surface area (Å²) in [6, 6.07) is 12.3. The number of phenols is 1. The molecule has 0 amide bonds. The molecule has 3 nitrogen and oxygen atoms in total. The van der Waals surface area contributed by atoms with Crippen molar-refractivity contribution >= 4 is 43.9 Å². The van der Waals surface area contributed by atoms with E-state index in [4.69, 9.17) is 11.6 Å². The van der Waals surface area contributed by atoms with Gasteiger partial charge in [-0.05, 0) is 36.0 Å². The first-order valence-electron chi connectivity index (χ1n) is 8.59. The first-order valence-corrected chi connectivity index (χ1v) is 9.84. The molecular formula is C21H19ClN2OS. The highest BCUT2D eigenvalue weighted by Crippen LogP contribution is 2.43. The Kier molecular flexibility index (Phi) is 4.57. The maximum absolute atomic E-state index is 10.7. The van der Waals surface area contributed by atoms with Crippen LogP contribution in [-0.2, 0) is 0 Å². The van der Waals surface area contributed by atoms with Crippen molar-refractivity contribution in [3.63, 3.8) is 0 Å². The van der Waals surface area contributed by atoms with Gasteiger partial charge in [-0.25, -0.2) is 0 Å². The van der Waals surface area contributed by atoms with Crippen LogP contribution in [0.1, 0.15) is 24.9 Å². The third-order valence-electron chi connectivity index (χ3n) is 4.87. The Labute approximate surface area is 161 Å². The molecule has 5 heteroatoms. The zero-order chi connectivity index (χ0) is 18.3. The maximum Gasteiger partial charge on any atom is 0.125 e. The molecule has 0 spiro atoms. The van der Waals surface area contributed by atoms with Gasteiger partial charge in [0.2, 0.25) is 0 Å². The van der Waals surface area contributed by atoms with Crippen LogP contribution in [0.3, 0.4) is 0 Å². The van der Waals surface area contributed by atoms with Gasteiger partial charge >= 0.3 is 0 Å². The second-order valence-corrected chi connectivity index (χ2v) is 7.66. The van der Waals surface area contributed by atoms with E-state index in [0.717, 1.165) is 38.5 Å². The van der Waals surface area contributed by atoms with Crippen molar-refractivity contribution in [1.82, 2.24) is 10.3 Å². The van der Waals surface area contributed by atoms with Gasteiger partial charge in [0.05, 0.1) is 15.2 Å². The molecule has 1 atom stereocenters. The second kappa shape index (κ2) is 6.88. The lowest BCUT2D eigenvalue weighted by atomic mass is 9.95. The van der Waals surface area contributed by atoms with Crippen LogP contribution in [0.15, 0.2) is 48.0 Å². The number of fused-ring (bicyclic) bond motifs is 3. The van der Waals surface area contributed by atoms with E-state index in [-0.39, 0.29) is 5.75 Å². The number of rotatable bonds is 4. The minimum absolute atomic E-state index is 0.177. The van der Waals surface area contributed by atoms with Crippen LogP contribution in [0, 0.1) is 0 Å². The van der Waals surface area contributed by atoms with Crippen molar-refractivity contribution in [3.8, 4) is 16.9 Å². The number of nitrogens with zero attached hydrogens (tertiary/aromatic N) is 1. The number of hydrogen-bond acceptors (Lipinski definition) is 4. The van der Waals surface area contributed by atoms with Crippen molar-refractivity contribution < 1.29 is 5.11 Å². The van der Waals surface area contributed by atoms with Gasteiger partial charge < -0.3 is 10.4 Å². The SMILES string of the molecule is CC[C@H](NC)c1ccc(-c2c(O)cc(Cl)c3ncc4sccc4c23)cc1. The molecule has 2 heterocycles. The summed E-state index contributed by atoms with van der Waals surface area (Å²) in [4.78, 5) is 4.54. The van der Waals surface area contributed by atoms with Gasteiger partial charge in [-0.3, -0.25) is 4.98 Å². The minimum atomic E-state index is 0.177. The number of pyridine rings is 1. The molecule has 0 bridgehead atoms. The average molecular weight is 383 g/mol. The fourth-order valence-electron chi connectivity index (χ4n) is 3.55. The van der Waals surface area contributed by atoms with Gasteiger partial charge in [0.1, 0.15) is 5.75 Å². The van der Waals surface area contributed by atoms with E-state index >= 15 is 0 Å². The summed E-state index contributed by atoms with van der Waals surface area (Å²) >= 11 is 8.00. The molecule has 4 aromatic rings. The lowest BCUT2D eigenvalue weighted by Gasteiger charge is -2.16. The van der Waals surface area contributed by atoms with Crippen LogP contribution in [0.5, 0.6) is 5.75 Å². The lowest BCUT2D eigenvalue weighted by Crippen LogP contribution is -2.14. The maximum atomic E-state index is 10.7. The third kappa shape index (κ3) is 2.75. The van der Waals surface area contributed by atoms with Crippen molar-refractivity contribution in [1.29, 1.82) is 0 Å². The summed E-state index contributed by atoms with van der Waals surface area (Å²) in [5, 5.41) is 18.5. The van der Waals surface area contributed by atoms with Crippen molar-refractivity contribution in [3.05, 3.63) is 58.6 Å². The highest BCUT2D eigenvalue weighted by molar-refractivity contribution is 7.17. The fourth-order valence-corrected chi connectivity index (χ4v) is 4.55. The largest absolute Gasteiger partial charge is 0.507 e. The molecule has 0 aliphatic rings. The molecule has 26 heavy (non-hydrogen) atoms. The van der Waals surface area contributed by atoms with E-state index in [1.54, 1.807) is 17.4 Å². The van der Waals surface area contributed by atoms with Crippen molar-refractivity contribution in [2.45, 2.75) is 19.4 Å². The third-order valence-corrected chi connectivity index (χ3v) is 6.01. The predicted molar refractivity (Wildman–Crippen MR) is 111 cm³/mol. The fraction of sp³-hybridized carbons (Fsp3) is 0.190. The van der Waals surface area contributed by atoms with Gasteiger partial charge in [0, 0.05) is 34.6 Å². The van der Waals surface area contributed by atoms with E-state index in [9.17, 15) is 5.11 Å². The van der Waals surface area contributed by atoms with E-state index < -0.39 is 0 Å². The Morgan fingerprint density at radius 1 is 1.23 bits per heavy atom. The second-order valence-electron chi connectivity index (χ2n) is 6.30. The van der Waals surface area contributed by atoms with Gasteiger partial charge in [0.25, 0.3) is 0 Å². The van der Waals surface area contributed by atoms with Crippen LogP contribution in [0.25, 0.3) is 32.1 Å².